The van der Waals surface area contributed by atoms with E-state index in [0.29, 0.717) is 0 Å². The first kappa shape index (κ1) is 20.5. The van der Waals surface area contributed by atoms with Gasteiger partial charge in [0.2, 0.25) is 0 Å². The molecule has 1 atom stereocenters. The minimum absolute atomic E-state index is 0.244. The molecule has 1 N–H and O–H groups in total. The van der Waals surface area contributed by atoms with Crippen LogP contribution in [0.15, 0.2) is 29.3 Å². The van der Waals surface area contributed by atoms with Crippen molar-refractivity contribution in [3.8, 4) is 0 Å². The number of carbonyl (C=O) groups is 1. The second-order valence-corrected chi connectivity index (χ2v) is 13.8. The molecule has 0 bridgehead atoms. The molecule has 0 saturated heterocycles. The van der Waals surface area contributed by atoms with Crippen molar-refractivity contribution in [3.05, 3.63) is 46.0 Å². The first-order chi connectivity index (χ1) is 15.0. The molecule has 0 aromatic heterocycles. The Labute approximate surface area is 185 Å². The van der Waals surface area contributed by atoms with Crippen LogP contribution in [0, 0.1) is 0 Å². The third-order valence-corrected chi connectivity index (χ3v) is 12.1. The predicted molar refractivity (Wildman–Crippen MR) is 129 cm³/mol. The largest absolute Gasteiger partial charge is 0.481 e. The average molecular weight is 433 g/mol. The fourth-order valence-corrected chi connectivity index (χ4v) is 9.86. The van der Waals surface area contributed by atoms with Gasteiger partial charge in [0.1, 0.15) is 8.07 Å². The second kappa shape index (κ2) is 7.94. The van der Waals surface area contributed by atoms with Gasteiger partial charge in [0.25, 0.3) is 0 Å². The number of carboxylic acids is 1. The highest BCUT2D eigenvalue weighted by Gasteiger charge is 2.39. The number of fused-ring (bicyclic) bond motifs is 4. The lowest BCUT2D eigenvalue weighted by molar-refractivity contribution is -0.137. The highest BCUT2D eigenvalue weighted by atomic mass is 28.3. The Morgan fingerprint density at radius 2 is 1.97 bits per heavy atom. The van der Waals surface area contributed by atoms with Crippen molar-refractivity contribution in [1.82, 2.24) is 0 Å². The number of aryl methyl sites for hydroxylation is 2. The molecule has 0 amide bonds. The Bertz CT molecular complexity index is 1170. The van der Waals surface area contributed by atoms with Crippen molar-refractivity contribution in [2.45, 2.75) is 64.5 Å². The molecular formula is C26H32N2O2Si. The topological polar surface area (TPSA) is 52.9 Å². The molecule has 2 aromatic carbocycles. The summed E-state index contributed by atoms with van der Waals surface area (Å²) in [4.78, 5) is 19.0. The van der Waals surface area contributed by atoms with E-state index in [2.05, 4.69) is 48.7 Å². The van der Waals surface area contributed by atoms with Gasteiger partial charge in [-0.2, -0.15) is 0 Å². The number of rotatable bonds is 5. The Hall–Kier alpha value is -2.40. The molecule has 2 aliphatic heterocycles. The molecule has 2 heterocycles. The predicted octanol–water partition coefficient (Wildman–Crippen LogP) is 2.90. The van der Waals surface area contributed by atoms with Crippen LogP contribution in [-0.4, -0.2) is 32.2 Å². The smallest absolute Gasteiger partial charge is 0.303 e. The number of benzene rings is 2. The molecule has 1 aliphatic carbocycles. The minimum atomic E-state index is -2.11. The van der Waals surface area contributed by atoms with Gasteiger partial charge in [0.05, 0.1) is 11.0 Å². The van der Waals surface area contributed by atoms with Gasteiger partial charge in [-0.3, -0.25) is 4.79 Å². The first-order valence-electron chi connectivity index (χ1n) is 11.9. The summed E-state index contributed by atoms with van der Waals surface area (Å²) in [7, 11) is -2.11. The van der Waals surface area contributed by atoms with Crippen LogP contribution >= 0.6 is 0 Å². The van der Waals surface area contributed by atoms with E-state index in [4.69, 9.17) is 4.99 Å². The number of hydrogen-bond acceptors (Lipinski definition) is 3. The summed E-state index contributed by atoms with van der Waals surface area (Å²) in [5.74, 6) is -0.695. The van der Waals surface area contributed by atoms with Crippen molar-refractivity contribution in [2.24, 2.45) is 4.99 Å². The van der Waals surface area contributed by atoms with E-state index in [-0.39, 0.29) is 6.42 Å². The van der Waals surface area contributed by atoms with Crippen LogP contribution in [0.5, 0.6) is 0 Å². The minimum Gasteiger partial charge on any atom is -0.481 e. The molecular weight excluding hydrogens is 400 g/mol. The molecule has 3 aliphatic rings. The fraction of sp³-hybridized carbons (Fsp3) is 0.462. The molecule has 162 valence electrons. The van der Waals surface area contributed by atoms with Gasteiger partial charge in [-0.25, -0.2) is 4.99 Å². The summed E-state index contributed by atoms with van der Waals surface area (Å²) < 4.78 is 0. The van der Waals surface area contributed by atoms with Crippen LogP contribution < -0.4 is 25.8 Å². The molecule has 0 saturated carbocycles. The van der Waals surface area contributed by atoms with Crippen molar-refractivity contribution in [1.29, 1.82) is 0 Å². The Morgan fingerprint density at radius 1 is 1.13 bits per heavy atom. The van der Waals surface area contributed by atoms with Gasteiger partial charge < -0.3 is 10.0 Å². The molecule has 5 heteroatoms. The lowest BCUT2D eigenvalue weighted by Crippen LogP contribution is -2.64. The Balaban J connectivity index is 1.72. The summed E-state index contributed by atoms with van der Waals surface area (Å²) >= 11 is 0. The van der Waals surface area contributed by atoms with Gasteiger partial charge in [0, 0.05) is 25.2 Å². The summed E-state index contributed by atoms with van der Waals surface area (Å²) in [6, 6.07) is 10.5. The van der Waals surface area contributed by atoms with E-state index >= 15 is 0 Å². The number of carboxylic acid groups (broad SMARTS) is 1. The number of aliphatic carboxylic acids is 1. The summed E-state index contributed by atoms with van der Waals surface area (Å²) in [5.41, 5.74) is 5.38. The second-order valence-electron chi connectivity index (χ2n) is 9.54. The zero-order chi connectivity index (χ0) is 21.6. The maximum Gasteiger partial charge on any atom is 0.303 e. The van der Waals surface area contributed by atoms with Gasteiger partial charge in [-0.05, 0) is 96.4 Å². The maximum absolute atomic E-state index is 11.3. The van der Waals surface area contributed by atoms with E-state index in [9.17, 15) is 9.90 Å². The van der Waals surface area contributed by atoms with E-state index in [1.807, 2.05) is 0 Å². The molecule has 0 spiro atoms. The van der Waals surface area contributed by atoms with Gasteiger partial charge in [0.15, 0.2) is 0 Å². The fourth-order valence-electron chi connectivity index (χ4n) is 5.84. The van der Waals surface area contributed by atoms with Crippen molar-refractivity contribution < 1.29 is 9.90 Å². The van der Waals surface area contributed by atoms with E-state index in [1.54, 1.807) is 0 Å². The Morgan fingerprint density at radius 3 is 2.77 bits per heavy atom. The number of anilines is 1. The third-order valence-electron chi connectivity index (χ3n) is 7.56. The van der Waals surface area contributed by atoms with Gasteiger partial charge >= 0.3 is 5.97 Å². The zero-order valence-corrected chi connectivity index (χ0v) is 19.7. The van der Waals surface area contributed by atoms with Crippen LogP contribution in [0.2, 0.25) is 12.6 Å². The Kier molecular flexibility index (Phi) is 5.25. The van der Waals surface area contributed by atoms with Crippen LogP contribution in [0.4, 0.5) is 11.4 Å². The van der Waals surface area contributed by atoms with Crippen LogP contribution in [0.25, 0.3) is 6.08 Å². The van der Waals surface area contributed by atoms with Crippen LogP contribution in [-0.2, 0) is 17.6 Å². The highest BCUT2D eigenvalue weighted by Crippen LogP contribution is 2.33. The lowest BCUT2D eigenvalue weighted by atomic mass is 9.99. The summed E-state index contributed by atoms with van der Waals surface area (Å²) in [6.45, 7) is 6.83. The molecule has 2 aromatic rings. The van der Waals surface area contributed by atoms with Gasteiger partial charge in [-0.15, -0.1) is 0 Å². The monoisotopic (exact) mass is 432 g/mol. The highest BCUT2D eigenvalue weighted by molar-refractivity contribution is 7.02. The lowest BCUT2D eigenvalue weighted by Gasteiger charge is -2.37. The quantitative estimate of drug-likeness (QED) is 0.739. The van der Waals surface area contributed by atoms with Crippen molar-refractivity contribution in [3.63, 3.8) is 0 Å². The first-order valence-corrected chi connectivity index (χ1v) is 14.6. The summed E-state index contributed by atoms with van der Waals surface area (Å²) in [6.07, 6.45) is 9.18. The average Bonchev–Trinajstić information content (AvgIpc) is 2.76. The standard InChI is InChI=1S/C26H32N2O2Si/c1-3-28-12-6-10-20-15-22-25(17-23(20)28)31(2,13-7-11-26(29)30)24-16-19-9-5-4-8-18(19)14-21(24)27-22/h9,14-17H,3-8,10-13H2,1-2H3,(H,29,30). The maximum atomic E-state index is 11.3. The van der Waals surface area contributed by atoms with Gasteiger partial charge in [-0.1, -0.05) is 18.7 Å². The third kappa shape index (κ3) is 3.53. The van der Waals surface area contributed by atoms with E-state index in [0.717, 1.165) is 55.9 Å². The zero-order valence-electron chi connectivity index (χ0n) is 18.7. The molecule has 0 radical (unpaired) electrons. The van der Waals surface area contributed by atoms with Crippen molar-refractivity contribution in [2.75, 3.05) is 18.0 Å². The molecule has 31 heavy (non-hydrogen) atoms. The SMILES string of the molecule is CCN1CCCc2cc3c(cc21)[Si](C)(CCCC(=O)O)c1cc2c(cc1=N3)CCCC=2. The molecule has 1 unspecified atom stereocenters. The molecule has 5 rings (SSSR count). The number of hydrogen-bond donors (Lipinski definition) is 1. The van der Waals surface area contributed by atoms with Crippen LogP contribution in [0.1, 0.15) is 50.2 Å². The summed E-state index contributed by atoms with van der Waals surface area (Å²) in [5, 5.41) is 14.6. The molecule has 0 fully saturated rings. The normalized spacial score (nSPS) is 21.2. The van der Waals surface area contributed by atoms with Crippen molar-refractivity contribution >= 4 is 41.9 Å². The van der Waals surface area contributed by atoms with Crippen LogP contribution in [0.3, 0.4) is 0 Å². The van der Waals surface area contributed by atoms with E-state index in [1.165, 1.54) is 45.2 Å². The molecule has 4 nitrogen and oxygen atoms in total. The van der Waals surface area contributed by atoms with E-state index < -0.39 is 14.0 Å². The number of nitrogens with zero attached hydrogens (tertiary/aromatic N) is 2.